The zero-order valence-electron chi connectivity index (χ0n) is 18.4. The summed E-state index contributed by atoms with van der Waals surface area (Å²) >= 11 is 0. The molecule has 0 aromatic heterocycles. The molecule has 6 atom stereocenters. The molecule has 0 unspecified atom stereocenters. The van der Waals surface area contributed by atoms with Crippen LogP contribution in [0.4, 0.5) is 0 Å². The number of aliphatic hydroxyl groups excluding tert-OH is 2. The second kappa shape index (κ2) is 11.8. The first-order chi connectivity index (χ1) is 13.4. The number of hydrogen-bond donors (Lipinski definition) is 2. The first-order valence-corrected chi connectivity index (χ1v) is 11.3. The van der Waals surface area contributed by atoms with Gasteiger partial charge in [-0.15, -0.1) is 11.8 Å². The molecule has 3 nitrogen and oxygen atoms in total. The molecule has 0 spiro atoms. The minimum Gasteiger partial charge on any atom is -0.392 e. The number of hydrogen-bond acceptors (Lipinski definition) is 3. The van der Waals surface area contributed by atoms with E-state index in [-0.39, 0.29) is 17.9 Å². The van der Waals surface area contributed by atoms with Crippen LogP contribution in [-0.2, 0) is 0 Å². The van der Waals surface area contributed by atoms with Crippen molar-refractivity contribution in [3.05, 3.63) is 23.8 Å². The number of rotatable bonds is 10. The van der Waals surface area contributed by atoms with Gasteiger partial charge >= 0.3 is 0 Å². The molecule has 2 N–H and O–H groups in total. The molecule has 2 aliphatic carbocycles. The normalized spacial score (nSPS) is 28.9. The highest BCUT2D eigenvalue weighted by molar-refractivity contribution is 5.21. The summed E-state index contributed by atoms with van der Waals surface area (Å²) in [5.74, 6) is 7.54. The lowest BCUT2D eigenvalue weighted by molar-refractivity contribution is 0.137. The van der Waals surface area contributed by atoms with Gasteiger partial charge in [0, 0.05) is 18.8 Å². The van der Waals surface area contributed by atoms with Crippen LogP contribution in [0.1, 0.15) is 65.2 Å². The zero-order valence-corrected chi connectivity index (χ0v) is 18.4. The number of nitrogens with zero attached hydrogens (tertiary/aromatic N) is 1. The third-order valence-corrected chi connectivity index (χ3v) is 6.39. The Bertz CT molecular complexity index is 583. The molecule has 1 saturated carbocycles. The lowest BCUT2D eigenvalue weighted by atomic mass is 9.88. The molecule has 3 heteroatoms. The molecule has 2 aliphatic rings. The highest BCUT2D eigenvalue weighted by Crippen LogP contribution is 2.48. The van der Waals surface area contributed by atoms with E-state index in [0.717, 1.165) is 25.7 Å². The molecule has 1 fully saturated rings. The van der Waals surface area contributed by atoms with Gasteiger partial charge in [-0.25, -0.2) is 0 Å². The van der Waals surface area contributed by atoms with E-state index in [1.54, 1.807) is 5.57 Å². The topological polar surface area (TPSA) is 43.7 Å². The van der Waals surface area contributed by atoms with Crippen molar-refractivity contribution in [2.45, 2.75) is 77.4 Å². The molecule has 0 aromatic rings. The average molecular weight is 388 g/mol. The SMILES string of the molecule is CCC#CC[C@@H](C)[C@H](O)/C=C/[C@@H]1[C@H]2CC(CCCCCN(C)C)=C[C@H]2C[C@H]1O. The van der Waals surface area contributed by atoms with Gasteiger partial charge in [-0.05, 0) is 70.5 Å². The lowest BCUT2D eigenvalue weighted by Crippen LogP contribution is -2.19. The van der Waals surface area contributed by atoms with Crippen LogP contribution < -0.4 is 0 Å². The number of fused-ring (bicyclic) bond motifs is 1. The van der Waals surface area contributed by atoms with Crippen molar-refractivity contribution in [1.29, 1.82) is 0 Å². The van der Waals surface area contributed by atoms with Crippen LogP contribution in [0.5, 0.6) is 0 Å². The molecule has 0 radical (unpaired) electrons. The number of unbranched alkanes of at least 4 members (excludes halogenated alkanes) is 2. The van der Waals surface area contributed by atoms with Gasteiger partial charge in [-0.2, -0.15) is 0 Å². The van der Waals surface area contributed by atoms with Gasteiger partial charge in [0.15, 0.2) is 0 Å². The van der Waals surface area contributed by atoms with Crippen molar-refractivity contribution in [2.24, 2.45) is 23.7 Å². The van der Waals surface area contributed by atoms with Crippen LogP contribution in [0, 0.1) is 35.5 Å². The van der Waals surface area contributed by atoms with Crippen molar-refractivity contribution >= 4 is 0 Å². The molecule has 0 saturated heterocycles. The largest absolute Gasteiger partial charge is 0.392 e. The Hall–Kier alpha value is -1.08. The molecular formula is C25H41NO2. The Morgan fingerprint density at radius 3 is 2.75 bits per heavy atom. The summed E-state index contributed by atoms with van der Waals surface area (Å²) < 4.78 is 0. The number of aliphatic hydroxyl groups is 2. The predicted octanol–water partition coefficient (Wildman–Crippen LogP) is 4.41. The Morgan fingerprint density at radius 1 is 1.25 bits per heavy atom. The summed E-state index contributed by atoms with van der Waals surface area (Å²) in [5.41, 5.74) is 1.59. The van der Waals surface area contributed by atoms with E-state index < -0.39 is 6.10 Å². The van der Waals surface area contributed by atoms with E-state index in [0.29, 0.717) is 11.8 Å². The van der Waals surface area contributed by atoms with Crippen LogP contribution in [0.15, 0.2) is 23.8 Å². The second-order valence-electron chi connectivity index (χ2n) is 9.12. The van der Waals surface area contributed by atoms with Gasteiger partial charge in [-0.3, -0.25) is 0 Å². The molecule has 0 aromatic carbocycles. The maximum atomic E-state index is 10.5. The molecule has 0 bridgehead atoms. The van der Waals surface area contributed by atoms with Crippen molar-refractivity contribution in [1.82, 2.24) is 4.90 Å². The van der Waals surface area contributed by atoms with Gasteiger partial charge < -0.3 is 15.1 Å². The van der Waals surface area contributed by atoms with Crippen molar-refractivity contribution in [3.8, 4) is 11.8 Å². The first-order valence-electron chi connectivity index (χ1n) is 11.3. The Kier molecular flexibility index (Phi) is 9.79. The third-order valence-electron chi connectivity index (χ3n) is 6.39. The maximum Gasteiger partial charge on any atom is 0.0755 e. The fraction of sp³-hybridized carbons (Fsp3) is 0.760. The average Bonchev–Trinajstić information content (AvgIpc) is 3.15. The number of allylic oxidation sites excluding steroid dienone is 2. The van der Waals surface area contributed by atoms with Gasteiger partial charge in [0.05, 0.1) is 12.2 Å². The summed E-state index contributed by atoms with van der Waals surface area (Å²) in [5, 5.41) is 20.9. The smallest absolute Gasteiger partial charge is 0.0755 e. The Labute approximate surface area is 172 Å². The van der Waals surface area contributed by atoms with E-state index in [1.807, 2.05) is 19.9 Å². The third kappa shape index (κ3) is 7.07. The van der Waals surface area contributed by atoms with Crippen molar-refractivity contribution in [2.75, 3.05) is 20.6 Å². The summed E-state index contributed by atoms with van der Waals surface area (Å²) in [6.45, 7) is 5.26. The Morgan fingerprint density at radius 2 is 2.04 bits per heavy atom. The monoisotopic (exact) mass is 387 g/mol. The van der Waals surface area contributed by atoms with Crippen LogP contribution in [0.3, 0.4) is 0 Å². The molecule has 28 heavy (non-hydrogen) atoms. The van der Waals surface area contributed by atoms with E-state index in [9.17, 15) is 10.2 Å². The fourth-order valence-corrected chi connectivity index (χ4v) is 4.66. The van der Waals surface area contributed by atoms with Gasteiger partial charge in [0.25, 0.3) is 0 Å². The van der Waals surface area contributed by atoms with Crippen molar-refractivity contribution < 1.29 is 10.2 Å². The van der Waals surface area contributed by atoms with Gasteiger partial charge in [0.1, 0.15) is 0 Å². The highest BCUT2D eigenvalue weighted by atomic mass is 16.3. The highest BCUT2D eigenvalue weighted by Gasteiger charge is 2.43. The summed E-state index contributed by atoms with van der Waals surface area (Å²) in [6, 6.07) is 0. The Balaban J connectivity index is 1.80. The van der Waals surface area contributed by atoms with Gasteiger partial charge in [0.2, 0.25) is 0 Å². The first kappa shape index (κ1) is 23.2. The minimum atomic E-state index is -0.483. The maximum absolute atomic E-state index is 10.5. The second-order valence-corrected chi connectivity index (χ2v) is 9.12. The van der Waals surface area contributed by atoms with Crippen LogP contribution >= 0.6 is 0 Å². The molecular weight excluding hydrogens is 346 g/mol. The predicted molar refractivity (Wildman–Crippen MR) is 118 cm³/mol. The van der Waals surface area contributed by atoms with E-state index in [2.05, 4.69) is 43.0 Å². The van der Waals surface area contributed by atoms with E-state index in [1.165, 1.54) is 32.2 Å². The summed E-state index contributed by atoms with van der Waals surface area (Å²) in [7, 11) is 4.27. The van der Waals surface area contributed by atoms with Crippen LogP contribution in [0.2, 0.25) is 0 Å². The van der Waals surface area contributed by atoms with Crippen LogP contribution in [-0.4, -0.2) is 48.0 Å². The standard InChI is InChI=1S/C25H41NO2/c1-5-6-8-11-19(2)24(27)14-13-22-23-17-20(16-21(23)18-25(22)28)12-9-7-10-15-26(3)4/h13-14,16,19,21-25,27-28H,5,7,9-12,15,17-18H2,1-4H3/b14-13+/t19-,21+,22-,23+,24-,25-/m1/s1. The fourth-order valence-electron chi connectivity index (χ4n) is 4.66. The zero-order chi connectivity index (χ0) is 20.5. The van der Waals surface area contributed by atoms with E-state index >= 15 is 0 Å². The van der Waals surface area contributed by atoms with Crippen LogP contribution in [0.25, 0.3) is 0 Å². The molecule has 2 rings (SSSR count). The quantitative estimate of drug-likeness (QED) is 0.331. The summed E-state index contributed by atoms with van der Waals surface area (Å²) in [4.78, 5) is 2.25. The van der Waals surface area contributed by atoms with E-state index in [4.69, 9.17) is 0 Å². The molecule has 158 valence electrons. The molecule has 0 aliphatic heterocycles. The van der Waals surface area contributed by atoms with Crippen molar-refractivity contribution in [3.63, 3.8) is 0 Å². The minimum absolute atomic E-state index is 0.129. The van der Waals surface area contributed by atoms with Gasteiger partial charge in [-0.1, -0.05) is 44.1 Å². The molecule has 0 amide bonds. The molecule has 0 heterocycles. The summed E-state index contributed by atoms with van der Waals surface area (Å²) in [6.07, 6.45) is 14.3. The lowest BCUT2D eigenvalue weighted by Gasteiger charge is -2.20.